The monoisotopic (exact) mass is 289 g/mol. The van der Waals surface area contributed by atoms with Crippen molar-refractivity contribution in [2.75, 3.05) is 13.1 Å². The van der Waals surface area contributed by atoms with Gasteiger partial charge in [-0.3, -0.25) is 4.57 Å². The van der Waals surface area contributed by atoms with Crippen molar-refractivity contribution in [1.29, 1.82) is 0 Å². The smallest absolute Gasteiger partial charge is 0.317 e. The van der Waals surface area contributed by atoms with Crippen LogP contribution in [0.1, 0.15) is 18.9 Å². The molecule has 0 amide bonds. The van der Waals surface area contributed by atoms with Crippen LogP contribution in [0.25, 0.3) is 11.0 Å². The van der Waals surface area contributed by atoms with Crippen LogP contribution in [-0.4, -0.2) is 22.6 Å². The van der Waals surface area contributed by atoms with Crippen molar-refractivity contribution in [2.45, 2.75) is 18.9 Å². The van der Waals surface area contributed by atoms with Gasteiger partial charge in [-0.1, -0.05) is 0 Å². The third kappa shape index (κ3) is 2.37. The molecular weight excluding hydrogens is 276 g/mol. The lowest BCUT2D eigenvalue weighted by atomic mass is 10.1. The van der Waals surface area contributed by atoms with Gasteiger partial charge in [-0.25, -0.2) is 13.6 Å². The van der Waals surface area contributed by atoms with Crippen molar-refractivity contribution >= 4 is 23.4 Å². The average molecular weight is 290 g/mol. The van der Waals surface area contributed by atoms with Gasteiger partial charge in [0.25, 0.3) is 0 Å². The molecule has 2 N–H and O–H groups in total. The van der Waals surface area contributed by atoms with Crippen LogP contribution in [0.3, 0.4) is 0 Å². The predicted molar refractivity (Wildman–Crippen MR) is 70.9 cm³/mol. The van der Waals surface area contributed by atoms with Gasteiger partial charge in [-0.15, -0.1) is 12.4 Å². The molecule has 7 heteroatoms. The van der Waals surface area contributed by atoms with E-state index in [1.807, 2.05) is 0 Å². The molecule has 0 bridgehead atoms. The lowest BCUT2D eigenvalue weighted by Gasteiger charge is -2.23. The van der Waals surface area contributed by atoms with E-state index in [9.17, 15) is 13.6 Å². The Morgan fingerprint density at radius 2 is 1.89 bits per heavy atom. The fourth-order valence-electron chi connectivity index (χ4n) is 2.58. The van der Waals surface area contributed by atoms with E-state index in [1.165, 1.54) is 10.6 Å². The molecule has 0 aliphatic carbocycles. The Balaban J connectivity index is 0.00000133. The molecule has 0 saturated carbocycles. The second-order valence-corrected chi connectivity index (χ2v) is 4.56. The molecule has 0 spiro atoms. The minimum Gasteiger partial charge on any atom is -0.317 e. The summed E-state index contributed by atoms with van der Waals surface area (Å²) < 4.78 is 28.3. The molecule has 1 aromatic heterocycles. The molecule has 1 saturated heterocycles. The molecule has 2 aromatic rings. The molecular formula is C12H14ClF2N3O. The summed E-state index contributed by atoms with van der Waals surface area (Å²) in [5.74, 6) is -1.39. The summed E-state index contributed by atoms with van der Waals surface area (Å²) in [5, 5.41) is 3.19. The highest BCUT2D eigenvalue weighted by atomic mass is 35.5. The molecule has 3 rings (SSSR count). The highest BCUT2D eigenvalue weighted by molar-refractivity contribution is 5.85. The summed E-state index contributed by atoms with van der Waals surface area (Å²) in [4.78, 5) is 14.4. The molecule has 104 valence electrons. The van der Waals surface area contributed by atoms with Crippen LogP contribution in [0.2, 0.25) is 0 Å². The summed E-state index contributed by atoms with van der Waals surface area (Å²) in [6.45, 7) is 1.61. The fraction of sp³-hybridized carbons (Fsp3) is 0.417. The summed E-state index contributed by atoms with van der Waals surface area (Å²) in [6.07, 6.45) is 1.57. The standard InChI is InChI=1S/C12H13F2N3O.ClH/c13-7-5-9(14)11-10(6-7)17(12(18)16-11)8-1-3-15-4-2-8;/h5-6,8,15H,1-4H2,(H,16,18);1H. The average Bonchev–Trinajstić information content (AvgIpc) is 2.67. The number of piperidine rings is 1. The zero-order chi connectivity index (χ0) is 12.7. The van der Waals surface area contributed by atoms with E-state index in [4.69, 9.17) is 0 Å². The zero-order valence-electron chi connectivity index (χ0n) is 10.1. The van der Waals surface area contributed by atoms with E-state index in [0.717, 1.165) is 32.0 Å². The second kappa shape index (κ2) is 5.30. The Morgan fingerprint density at radius 1 is 1.21 bits per heavy atom. The van der Waals surface area contributed by atoms with Gasteiger partial charge in [0, 0.05) is 18.2 Å². The van der Waals surface area contributed by atoms with Gasteiger partial charge in [0.1, 0.15) is 11.3 Å². The van der Waals surface area contributed by atoms with Crippen molar-refractivity contribution in [3.8, 4) is 0 Å². The Morgan fingerprint density at radius 3 is 2.58 bits per heavy atom. The Kier molecular flexibility index (Phi) is 3.91. The lowest BCUT2D eigenvalue weighted by molar-refractivity contribution is 0.368. The van der Waals surface area contributed by atoms with E-state index in [1.54, 1.807) is 0 Å². The van der Waals surface area contributed by atoms with Crippen LogP contribution in [0.15, 0.2) is 16.9 Å². The summed E-state index contributed by atoms with van der Waals surface area (Å²) in [5.41, 5.74) is 0.0192. The van der Waals surface area contributed by atoms with Gasteiger partial charge in [0.05, 0.1) is 5.52 Å². The van der Waals surface area contributed by atoms with Crippen molar-refractivity contribution < 1.29 is 8.78 Å². The molecule has 1 aliphatic heterocycles. The summed E-state index contributed by atoms with van der Waals surface area (Å²) >= 11 is 0. The van der Waals surface area contributed by atoms with Gasteiger partial charge in [-0.2, -0.15) is 0 Å². The molecule has 0 unspecified atom stereocenters. The van der Waals surface area contributed by atoms with Crippen LogP contribution in [0.5, 0.6) is 0 Å². The number of aromatic amines is 1. The van der Waals surface area contributed by atoms with Crippen LogP contribution in [0.4, 0.5) is 8.78 Å². The first-order valence-corrected chi connectivity index (χ1v) is 5.97. The number of imidazole rings is 1. The Labute approximate surface area is 114 Å². The highest BCUT2D eigenvalue weighted by Gasteiger charge is 2.21. The number of aromatic nitrogens is 2. The number of rotatable bonds is 1. The maximum atomic E-state index is 13.6. The lowest BCUT2D eigenvalue weighted by Crippen LogP contribution is -2.33. The largest absolute Gasteiger partial charge is 0.326 e. The SMILES string of the molecule is Cl.O=c1[nH]c2c(F)cc(F)cc2n1C1CCNCC1. The van der Waals surface area contributed by atoms with Crippen molar-refractivity contribution in [3.63, 3.8) is 0 Å². The Hall–Kier alpha value is -1.40. The van der Waals surface area contributed by atoms with E-state index in [-0.39, 0.29) is 29.7 Å². The van der Waals surface area contributed by atoms with Gasteiger partial charge in [-0.05, 0) is 25.9 Å². The van der Waals surface area contributed by atoms with Crippen LogP contribution in [0, 0.1) is 11.6 Å². The fourth-order valence-corrected chi connectivity index (χ4v) is 2.58. The van der Waals surface area contributed by atoms with E-state index in [2.05, 4.69) is 10.3 Å². The van der Waals surface area contributed by atoms with Crippen LogP contribution >= 0.6 is 12.4 Å². The van der Waals surface area contributed by atoms with Gasteiger partial charge < -0.3 is 10.3 Å². The molecule has 4 nitrogen and oxygen atoms in total. The zero-order valence-corrected chi connectivity index (χ0v) is 10.9. The van der Waals surface area contributed by atoms with Crippen molar-refractivity contribution in [3.05, 3.63) is 34.3 Å². The quantitative estimate of drug-likeness (QED) is 0.843. The molecule has 19 heavy (non-hydrogen) atoms. The number of hydrogen-bond acceptors (Lipinski definition) is 2. The number of benzene rings is 1. The van der Waals surface area contributed by atoms with Gasteiger partial charge in [0.2, 0.25) is 0 Å². The third-order valence-corrected chi connectivity index (χ3v) is 3.42. The van der Waals surface area contributed by atoms with Gasteiger partial charge >= 0.3 is 5.69 Å². The first-order chi connectivity index (χ1) is 8.66. The normalized spacial score (nSPS) is 16.5. The Bertz CT molecular complexity index is 646. The number of fused-ring (bicyclic) bond motifs is 1. The number of nitrogens with zero attached hydrogens (tertiary/aromatic N) is 1. The molecule has 0 atom stereocenters. The number of H-pyrrole nitrogens is 1. The first kappa shape index (κ1) is 14.0. The molecule has 2 heterocycles. The maximum Gasteiger partial charge on any atom is 0.326 e. The molecule has 0 radical (unpaired) electrons. The molecule has 1 aromatic carbocycles. The second-order valence-electron chi connectivity index (χ2n) is 4.56. The van der Waals surface area contributed by atoms with E-state index >= 15 is 0 Å². The third-order valence-electron chi connectivity index (χ3n) is 3.42. The molecule has 1 aliphatic rings. The van der Waals surface area contributed by atoms with Gasteiger partial charge in [0.15, 0.2) is 5.82 Å². The van der Waals surface area contributed by atoms with Crippen molar-refractivity contribution in [2.24, 2.45) is 0 Å². The minimum atomic E-state index is -0.727. The van der Waals surface area contributed by atoms with Crippen LogP contribution in [-0.2, 0) is 0 Å². The first-order valence-electron chi connectivity index (χ1n) is 5.97. The summed E-state index contributed by atoms with van der Waals surface area (Å²) in [6, 6.07) is 1.98. The predicted octanol–water partition coefficient (Wildman–Crippen LogP) is 1.95. The van der Waals surface area contributed by atoms with E-state index in [0.29, 0.717) is 5.52 Å². The minimum absolute atomic E-state index is 0. The molecule has 1 fully saturated rings. The number of halogens is 3. The number of hydrogen-bond donors (Lipinski definition) is 2. The topological polar surface area (TPSA) is 49.8 Å². The van der Waals surface area contributed by atoms with E-state index < -0.39 is 11.6 Å². The van der Waals surface area contributed by atoms with Crippen molar-refractivity contribution in [1.82, 2.24) is 14.9 Å². The summed E-state index contributed by atoms with van der Waals surface area (Å²) in [7, 11) is 0. The maximum absolute atomic E-state index is 13.6. The van der Waals surface area contributed by atoms with Crippen LogP contribution < -0.4 is 11.0 Å². The highest BCUT2D eigenvalue weighted by Crippen LogP contribution is 2.24. The number of nitrogens with one attached hydrogen (secondary N) is 2.